The fraction of sp³-hybridized carbons (Fsp3) is 0.571. The molecule has 0 spiro atoms. The van der Waals surface area contributed by atoms with Gasteiger partial charge in [0, 0.05) is 5.02 Å². The summed E-state index contributed by atoms with van der Waals surface area (Å²) in [6, 6.07) is 6.35. The standard InChI is InChI=1S/C14H22ClN/c1-4-12(10-16-5-2)9-13-7-6-11(3)8-14(13)15/h6-8,12,16H,4-5,9-10H2,1-3H3. The molecule has 0 bridgehead atoms. The van der Waals surface area contributed by atoms with Gasteiger partial charge in [-0.05, 0) is 49.5 Å². The third-order valence-electron chi connectivity index (χ3n) is 2.98. The van der Waals surface area contributed by atoms with Gasteiger partial charge in [0.15, 0.2) is 0 Å². The van der Waals surface area contributed by atoms with E-state index in [9.17, 15) is 0 Å². The fourth-order valence-electron chi connectivity index (χ4n) is 1.84. The van der Waals surface area contributed by atoms with Crippen LogP contribution in [0.1, 0.15) is 31.4 Å². The molecule has 16 heavy (non-hydrogen) atoms. The van der Waals surface area contributed by atoms with Crippen molar-refractivity contribution >= 4 is 11.6 Å². The number of hydrogen-bond donors (Lipinski definition) is 1. The van der Waals surface area contributed by atoms with Gasteiger partial charge >= 0.3 is 0 Å². The van der Waals surface area contributed by atoms with Crippen LogP contribution in [0.5, 0.6) is 0 Å². The second kappa shape index (κ2) is 6.93. The Labute approximate surface area is 104 Å². The van der Waals surface area contributed by atoms with Gasteiger partial charge in [0.2, 0.25) is 0 Å². The van der Waals surface area contributed by atoms with Gasteiger partial charge in [0.05, 0.1) is 0 Å². The van der Waals surface area contributed by atoms with E-state index in [-0.39, 0.29) is 0 Å². The molecular weight excluding hydrogens is 218 g/mol. The number of aryl methyl sites for hydroxylation is 1. The number of halogens is 1. The highest BCUT2D eigenvalue weighted by Crippen LogP contribution is 2.21. The van der Waals surface area contributed by atoms with Crippen molar-refractivity contribution in [2.75, 3.05) is 13.1 Å². The van der Waals surface area contributed by atoms with Gasteiger partial charge in [0.25, 0.3) is 0 Å². The molecule has 0 saturated carbocycles. The van der Waals surface area contributed by atoms with E-state index in [4.69, 9.17) is 11.6 Å². The van der Waals surface area contributed by atoms with Crippen LogP contribution in [-0.4, -0.2) is 13.1 Å². The monoisotopic (exact) mass is 239 g/mol. The van der Waals surface area contributed by atoms with Gasteiger partial charge in [-0.15, -0.1) is 0 Å². The molecule has 1 aromatic rings. The molecule has 1 atom stereocenters. The average Bonchev–Trinajstić information content (AvgIpc) is 2.27. The summed E-state index contributed by atoms with van der Waals surface area (Å²) < 4.78 is 0. The molecule has 0 aliphatic carbocycles. The molecule has 2 heteroatoms. The lowest BCUT2D eigenvalue weighted by Gasteiger charge is -2.16. The van der Waals surface area contributed by atoms with Crippen molar-refractivity contribution in [1.82, 2.24) is 5.32 Å². The first-order valence-corrected chi connectivity index (χ1v) is 6.50. The predicted octanol–water partition coefficient (Wildman–Crippen LogP) is 3.83. The van der Waals surface area contributed by atoms with Crippen LogP contribution >= 0.6 is 11.6 Å². The highest BCUT2D eigenvalue weighted by atomic mass is 35.5. The minimum Gasteiger partial charge on any atom is -0.317 e. The van der Waals surface area contributed by atoms with Gasteiger partial charge in [-0.2, -0.15) is 0 Å². The van der Waals surface area contributed by atoms with E-state index in [1.807, 2.05) is 0 Å². The molecule has 1 aromatic carbocycles. The van der Waals surface area contributed by atoms with Crippen LogP contribution in [-0.2, 0) is 6.42 Å². The maximum absolute atomic E-state index is 6.24. The lowest BCUT2D eigenvalue weighted by atomic mass is 9.96. The molecule has 1 nitrogen and oxygen atoms in total. The SMILES string of the molecule is CCNCC(CC)Cc1ccc(C)cc1Cl. The molecule has 0 fully saturated rings. The van der Waals surface area contributed by atoms with Crippen LogP contribution in [0.4, 0.5) is 0 Å². The molecule has 0 aromatic heterocycles. The van der Waals surface area contributed by atoms with E-state index in [0.29, 0.717) is 5.92 Å². The average molecular weight is 240 g/mol. The zero-order chi connectivity index (χ0) is 12.0. The van der Waals surface area contributed by atoms with E-state index < -0.39 is 0 Å². The van der Waals surface area contributed by atoms with Gasteiger partial charge in [-0.1, -0.05) is 44.0 Å². The Kier molecular flexibility index (Phi) is 5.86. The number of nitrogens with one attached hydrogen (secondary N) is 1. The summed E-state index contributed by atoms with van der Waals surface area (Å²) in [7, 11) is 0. The molecule has 0 aliphatic rings. The van der Waals surface area contributed by atoms with Crippen LogP contribution in [0, 0.1) is 12.8 Å². The topological polar surface area (TPSA) is 12.0 Å². The van der Waals surface area contributed by atoms with Crippen molar-refractivity contribution in [3.8, 4) is 0 Å². The number of hydrogen-bond acceptors (Lipinski definition) is 1. The zero-order valence-corrected chi connectivity index (χ0v) is 11.3. The van der Waals surface area contributed by atoms with E-state index in [1.165, 1.54) is 17.5 Å². The summed E-state index contributed by atoms with van der Waals surface area (Å²) in [6.07, 6.45) is 2.26. The Bertz CT molecular complexity index is 323. The Balaban J connectivity index is 2.62. The smallest absolute Gasteiger partial charge is 0.0440 e. The van der Waals surface area contributed by atoms with Crippen LogP contribution in [0.15, 0.2) is 18.2 Å². The first kappa shape index (κ1) is 13.5. The Morgan fingerprint density at radius 1 is 1.31 bits per heavy atom. The summed E-state index contributed by atoms with van der Waals surface area (Å²) in [5.41, 5.74) is 2.51. The Morgan fingerprint density at radius 3 is 2.62 bits per heavy atom. The van der Waals surface area contributed by atoms with E-state index in [0.717, 1.165) is 24.5 Å². The van der Waals surface area contributed by atoms with Crippen molar-refractivity contribution < 1.29 is 0 Å². The van der Waals surface area contributed by atoms with Gasteiger partial charge in [-0.3, -0.25) is 0 Å². The van der Waals surface area contributed by atoms with Gasteiger partial charge in [0.1, 0.15) is 0 Å². The van der Waals surface area contributed by atoms with Crippen LogP contribution < -0.4 is 5.32 Å². The van der Waals surface area contributed by atoms with Gasteiger partial charge in [-0.25, -0.2) is 0 Å². The van der Waals surface area contributed by atoms with Crippen LogP contribution in [0.25, 0.3) is 0 Å². The zero-order valence-electron chi connectivity index (χ0n) is 10.5. The lowest BCUT2D eigenvalue weighted by Crippen LogP contribution is -2.23. The number of rotatable bonds is 6. The van der Waals surface area contributed by atoms with E-state index >= 15 is 0 Å². The Hall–Kier alpha value is -0.530. The van der Waals surface area contributed by atoms with Crippen molar-refractivity contribution in [1.29, 1.82) is 0 Å². The molecule has 1 N–H and O–H groups in total. The van der Waals surface area contributed by atoms with Gasteiger partial charge < -0.3 is 5.32 Å². The maximum Gasteiger partial charge on any atom is 0.0440 e. The minimum atomic E-state index is 0.681. The normalized spacial score (nSPS) is 12.8. The highest BCUT2D eigenvalue weighted by Gasteiger charge is 2.09. The molecule has 1 unspecified atom stereocenters. The van der Waals surface area contributed by atoms with Crippen molar-refractivity contribution in [2.24, 2.45) is 5.92 Å². The summed E-state index contributed by atoms with van der Waals surface area (Å²) in [5.74, 6) is 0.681. The summed E-state index contributed by atoms with van der Waals surface area (Å²) in [4.78, 5) is 0. The molecule has 90 valence electrons. The fourth-order valence-corrected chi connectivity index (χ4v) is 2.15. The minimum absolute atomic E-state index is 0.681. The van der Waals surface area contributed by atoms with E-state index in [2.05, 4.69) is 44.3 Å². The third kappa shape index (κ3) is 4.15. The van der Waals surface area contributed by atoms with E-state index in [1.54, 1.807) is 0 Å². The molecular formula is C14H22ClN. The molecule has 0 saturated heterocycles. The summed E-state index contributed by atoms with van der Waals surface area (Å²) in [5, 5.41) is 4.32. The Morgan fingerprint density at radius 2 is 2.06 bits per heavy atom. The van der Waals surface area contributed by atoms with Crippen LogP contribution in [0.3, 0.4) is 0 Å². The van der Waals surface area contributed by atoms with Crippen molar-refractivity contribution in [3.05, 3.63) is 34.3 Å². The maximum atomic E-state index is 6.24. The summed E-state index contributed by atoms with van der Waals surface area (Å²) >= 11 is 6.24. The predicted molar refractivity (Wildman–Crippen MR) is 72.2 cm³/mol. The molecule has 0 heterocycles. The lowest BCUT2D eigenvalue weighted by molar-refractivity contribution is 0.467. The summed E-state index contributed by atoms with van der Waals surface area (Å²) in [6.45, 7) is 8.58. The molecule has 0 amide bonds. The first-order valence-electron chi connectivity index (χ1n) is 6.13. The molecule has 0 aliphatic heterocycles. The highest BCUT2D eigenvalue weighted by molar-refractivity contribution is 6.31. The second-order valence-corrected chi connectivity index (χ2v) is 4.79. The molecule has 1 rings (SSSR count). The third-order valence-corrected chi connectivity index (χ3v) is 3.33. The second-order valence-electron chi connectivity index (χ2n) is 4.38. The molecule has 0 radical (unpaired) electrons. The van der Waals surface area contributed by atoms with Crippen LogP contribution in [0.2, 0.25) is 5.02 Å². The first-order chi connectivity index (χ1) is 7.67. The van der Waals surface area contributed by atoms with Crippen molar-refractivity contribution in [3.63, 3.8) is 0 Å². The quantitative estimate of drug-likeness (QED) is 0.796. The largest absolute Gasteiger partial charge is 0.317 e. The number of benzene rings is 1. The van der Waals surface area contributed by atoms with Crippen molar-refractivity contribution in [2.45, 2.75) is 33.6 Å².